The molecule has 2 rings (SSSR count). The number of hydrogen-bond donors (Lipinski definition) is 1. The first kappa shape index (κ1) is 14.2. The minimum atomic E-state index is 0.473. The lowest BCUT2D eigenvalue weighted by Crippen LogP contribution is -2.25. The zero-order chi connectivity index (χ0) is 13.7. The van der Waals surface area contributed by atoms with Gasteiger partial charge in [0.25, 0.3) is 0 Å². The van der Waals surface area contributed by atoms with Gasteiger partial charge in [-0.25, -0.2) is 0 Å². The number of furan rings is 1. The average molecular weight is 260 g/mol. The summed E-state index contributed by atoms with van der Waals surface area (Å²) in [6, 6.07) is 4.59. The van der Waals surface area contributed by atoms with Crippen LogP contribution in [0.15, 0.2) is 16.5 Å². The van der Waals surface area contributed by atoms with Gasteiger partial charge in [-0.15, -0.1) is 6.42 Å². The number of nitrogens with one attached hydrogen (secondary N) is 1. The van der Waals surface area contributed by atoms with E-state index in [1.807, 2.05) is 0 Å². The second-order valence-electron chi connectivity index (χ2n) is 5.72. The first-order chi connectivity index (χ1) is 9.17. The Morgan fingerprint density at radius 3 is 2.79 bits per heavy atom. The molecule has 3 nitrogen and oxygen atoms in total. The highest BCUT2D eigenvalue weighted by Gasteiger charge is 2.24. The lowest BCUT2D eigenvalue weighted by molar-refractivity contribution is 0.258. The monoisotopic (exact) mass is 260 g/mol. The Labute approximate surface area is 116 Å². The van der Waals surface area contributed by atoms with Crippen molar-refractivity contribution in [2.75, 3.05) is 13.1 Å². The second-order valence-corrected chi connectivity index (χ2v) is 5.72. The van der Waals surface area contributed by atoms with Crippen LogP contribution in [0.3, 0.4) is 0 Å². The van der Waals surface area contributed by atoms with Gasteiger partial charge in [0.15, 0.2) is 0 Å². The number of nitrogens with zero attached hydrogens (tertiary/aromatic N) is 1. The Balaban J connectivity index is 1.84. The second kappa shape index (κ2) is 6.79. The van der Waals surface area contributed by atoms with Gasteiger partial charge in [-0.3, -0.25) is 4.90 Å². The molecule has 19 heavy (non-hydrogen) atoms. The third-order valence-corrected chi connectivity index (χ3v) is 3.31. The van der Waals surface area contributed by atoms with E-state index in [-0.39, 0.29) is 0 Å². The fourth-order valence-corrected chi connectivity index (χ4v) is 2.11. The molecule has 104 valence electrons. The van der Waals surface area contributed by atoms with Gasteiger partial charge in [0.1, 0.15) is 11.5 Å². The molecule has 0 aliphatic heterocycles. The summed E-state index contributed by atoms with van der Waals surface area (Å²) in [6.07, 6.45) is 8.13. The molecule has 0 spiro atoms. The highest BCUT2D eigenvalue weighted by Crippen LogP contribution is 2.30. The number of terminal acetylenes is 1. The topological polar surface area (TPSA) is 28.4 Å². The van der Waals surface area contributed by atoms with Gasteiger partial charge in [0.2, 0.25) is 0 Å². The smallest absolute Gasteiger partial charge is 0.118 e. The first-order valence-electron chi connectivity index (χ1n) is 7.14. The van der Waals surface area contributed by atoms with Crippen molar-refractivity contribution >= 4 is 0 Å². The van der Waals surface area contributed by atoms with Crippen LogP contribution < -0.4 is 5.32 Å². The van der Waals surface area contributed by atoms with Crippen LogP contribution in [0.25, 0.3) is 0 Å². The summed E-state index contributed by atoms with van der Waals surface area (Å²) in [7, 11) is 0. The van der Waals surface area contributed by atoms with Crippen molar-refractivity contribution in [1.29, 1.82) is 0 Å². The molecule has 1 fully saturated rings. The molecule has 1 N–H and O–H groups in total. The molecule has 1 saturated carbocycles. The van der Waals surface area contributed by atoms with Crippen LogP contribution in [0.2, 0.25) is 0 Å². The molecule has 1 aromatic heterocycles. The third kappa shape index (κ3) is 5.10. The lowest BCUT2D eigenvalue weighted by atomic mass is 10.3. The molecule has 0 unspecified atom stereocenters. The highest BCUT2D eigenvalue weighted by atomic mass is 16.3. The summed E-state index contributed by atoms with van der Waals surface area (Å²) in [6.45, 7) is 7.68. The average Bonchev–Trinajstić information content (AvgIpc) is 3.05. The van der Waals surface area contributed by atoms with Crippen LogP contribution in [0.4, 0.5) is 0 Å². The molecule has 1 aliphatic rings. The molecule has 0 bridgehead atoms. The highest BCUT2D eigenvalue weighted by molar-refractivity contribution is 5.07. The quantitative estimate of drug-likeness (QED) is 0.728. The maximum absolute atomic E-state index is 5.84. The van der Waals surface area contributed by atoms with E-state index in [4.69, 9.17) is 10.8 Å². The van der Waals surface area contributed by atoms with Crippen LogP contribution in [0.1, 0.15) is 38.2 Å². The van der Waals surface area contributed by atoms with Crippen LogP contribution in [-0.2, 0) is 13.1 Å². The summed E-state index contributed by atoms with van der Waals surface area (Å²) in [5.41, 5.74) is 0. The first-order valence-corrected chi connectivity index (χ1v) is 7.14. The molecular weight excluding hydrogens is 236 g/mol. The third-order valence-electron chi connectivity index (χ3n) is 3.31. The minimum absolute atomic E-state index is 0.473. The molecule has 0 saturated heterocycles. The molecule has 0 amide bonds. The van der Waals surface area contributed by atoms with Gasteiger partial charge in [0.05, 0.1) is 19.6 Å². The summed E-state index contributed by atoms with van der Waals surface area (Å²) >= 11 is 0. The van der Waals surface area contributed by atoms with Crippen LogP contribution in [0, 0.1) is 18.3 Å². The molecule has 0 atom stereocenters. The van der Waals surface area contributed by atoms with Gasteiger partial charge < -0.3 is 9.73 Å². The van der Waals surface area contributed by atoms with Crippen LogP contribution >= 0.6 is 0 Å². The fourth-order valence-electron chi connectivity index (χ4n) is 2.11. The van der Waals surface area contributed by atoms with Gasteiger partial charge in [-0.1, -0.05) is 19.8 Å². The van der Waals surface area contributed by atoms with E-state index in [9.17, 15) is 0 Å². The number of rotatable bonds is 8. The maximum atomic E-state index is 5.84. The Bertz CT molecular complexity index is 426. The predicted octanol–water partition coefficient (Wildman–Crippen LogP) is 2.62. The van der Waals surface area contributed by atoms with E-state index in [1.165, 1.54) is 12.8 Å². The standard InChI is InChI=1S/C16H24N2O/c1-4-9-18(11-14-5-6-14)12-16-8-7-15(19-16)10-17-13(2)3/h1,7-8,13-14,17H,5-6,9-12H2,2-3H3. The normalized spacial score (nSPS) is 15.1. The summed E-state index contributed by atoms with van der Waals surface area (Å²) in [4.78, 5) is 2.30. The van der Waals surface area contributed by atoms with Gasteiger partial charge in [-0.2, -0.15) is 0 Å². The zero-order valence-corrected chi connectivity index (χ0v) is 12.0. The molecule has 1 heterocycles. The van der Waals surface area contributed by atoms with Crippen molar-refractivity contribution in [3.8, 4) is 12.3 Å². The molecule has 0 radical (unpaired) electrons. The van der Waals surface area contributed by atoms with Crippen LogP contribution in [-0.4, -0.2) is 24.0 Å². The van der Waals surface area contributed by atoms with Crippen molar-refractivity contribution in [3.05, 3.63) is 23.7 Å². The summed E-state index contributed by atoms with van der Waals surface area (Å²) in [5, 5.41) is 3.36. The molecule has 1 aliphatic carbocycles. The maximum Gasteiger partial charge on any atom is 0.118 e. The van der Waals surface area contributed by atoms with E-state index in [0.29, 0.717) is 12.6 Å². The molecular formula is C16H24N2O. The Hall–Kier alpha value is -1.24. The molecule has 0 aromatic carbocycles. The molecule has 3 heteroatoms. The van der Waals surface area contributed by atoms with Gasteiger partial charge in [0, 0.05) is 12.6 Å². The van der Waals surface area contributed by atoms with Gasteiger partial charge in [-0.05, 0) is 30.9 Å². The van der Waals surface area contributed by atoms with Crippen molar-refractivity contribution in [2.45, 2.75) is 45.8 Å². The van der Waals surface area contributed by atoms with Crippen molar-refractivity contribution in [2.24, 2.45) is 5.92 Å². The molecule has 1 aromatic rings. The van der Waals surface area contributed by atoms with Crippen molar-refractivity contribution in [3.63, 3.8) is 0 Å². The van der Waals surface area contributed by atoms with E-state index in [0.717, 1.165) is 37.1 Å². The van der Waals surface area contributed by atoms with Gasteiger partial charge >= 0.3 is 0 Å². The Kier molecular flexibility index (Phi) is 5.07. The van der Waals surface area contributed by atoms with E-state index in [2.05, 4.69) is 42.1 Å². The SMILES string of the molecule is C#CCN(Cc1ccc(CNC(C)C)o1)CC1CC1. The zero-order valence-electron chi connectivity index (χ0n) is 12.0. The van der Waals surface area contributed by atoms with E-state index < -0.39 is 0 Å². The fraction of sp³-hybridized carbons (Fsp3) is 0.625. The Morgan fingerprint density at radius 1 is 1.42 bits per heavy atom. The minimum Gasteiger partial charge on any atom is -0.463 e. The summed E-state index contributed by atoms with van der Waals surface area (Å²) < 4.78 is 5.84. The number of hydrogen-bond acceptors (Lipinski definition) is 3. The Morgan fingerprint density at radius 2 is 2.16 bits per heavy atom. The summed E-state index contributed by atoms with van der Waals surface area (Å²) in [5.74, 6) is 5.60. The largest absolute Gasteiger partial charge is 0.463 e. The van der Waals surface area contributed by atoms with Crippen molar-refractivity contribution in [1.82, 2.24) is 10.2 Å². The van der Waals surface area contributed by atoms with Crippen molar-refractivity contribution < 1.29 is 4.42 Å². The predicted molar refractivity (Wildman–Crippen MR) is 77.5 cm³/mol. The van der Waals surface area contributed by atoms with Crippen LogP contribution in [0.5, 0.6) is 0 Å². The van der Waals surface area contributed by atoms with E-state index in [1.54, 1.807) is 0 Å². The van der Waals surface area contributed by atoms with E-state index >= 15 is 0 Å². The lowest BCUT2D eigenvalue weighted by Gasteiger charge is -2.17.